The molecule has 1 aliphatic rings. The van der Waals surface area contributed by atoms with Crippen molar-refractivity contribution in [2.45, 2.75) is 12.3 Å². The molecule has 0 spiro atoms. The predicted molar refractivity (Wildman–Crippen MR) is 53.6 cm³/mol. The molecule has 0 saturated carbocycles. The van der Waals surface area contributed by atoms with E-state index in [1.165, 1.54) is 17.3 Å². The fourth-order valence-electron chi connectivity index (χ4n) is 1.53. The average molecular weight is 229 g/mol. The molecule has 0 bridgehead atoms. The van der Waals surface area contributed by atoms with Gasteiger partial charge < -0.3 is 14.9 Å². The van der Waals surface area contributed by atoms with E-state index in [2.05, 4.69) is 9.97 Å². The molecule has 0 unspecified atom stereocenters. The fraction of sp³-hybridized carbons (Fsp3) is 0.500. The Morgan fingerprint density at radius 2 is 1.94 bits per heavy atom. The van der Waals surface area contributed by atoms with E-state index < -0.39 is 19.6 Å². The van der Waals surface area contributed by atoms with Gasteiger partial charge in [-0.3, -0.25) is 0 Å². The molecule has 0 radical (unpaired) electrons. The van der Waals surface area contributed by atoms with Crippen LogP contribution in [0.1, 0.15) is 6.42 Å². The van der Waals surface area contributed by atoms with Gasteiger partial charge in [0.25, 0.3) is 5.92 Å². The number of halogens is 2. The molecule has 2 rings (SSSR count). The molecule has 86 valence electrons. The van der Waals surface area contributed by atoms with Crippen LogP contribution < -0.4 is 10.4 Å². The Morgan fingerprint density at radius 3 is 2.38 bits per heavy atom. The fourth-order valence-corrected chi connectivity index (χ4v) is 1.53. The van der Waals surface area contributed by atoms with Gasteiger partial charge in [-0.2, -0.15) is 0 Å². The Labute approximate surface area is 90.9 Å². The molecular weight excluding hydrogens is 219 g/mol. The summed E-state index contributed by atoms with van der Waals surface area (Å²) in [5.74, 6) is -2.51. The minimum atomic E-state index is -2.70. The van der Waals surface area contributed by atoms with Crippen LogP contribution in [0.25, 0.3) is 0 Å². The summed E-state index contributed by atoms with van der Waals surface area (Å²) in [6.07, 6.45) is 2.22. The summed E-state index contributed by atoms with van der Waals surface area (Å²) in [4.78, 5) is 8.99. The summed E-state index contributed by atoms with van der Waals surface area (Å²) in [7, 11) is -1.64. The second kappa shape index (κ2) is 3.95. The van der Waals surface area contributed by atoms with Crippen LogP contribution >= 0.6 is 0 Å². The van der Waals surface area contributed by atoms with Crippen molar-refractivity contribution in [3.8, 4) is 0 Å². The van der Waals surface area contributed by atoms with Crippen molar-refractivity contribution < 1.29 is 18.8 Å². The van der Waals surface area contributed by atoms with Gasteiger partial charge in [0, 0.05) is 30.8 Å². The van der Waals surface area contributed by atoms with Gasteiger partial charge in [0.1, 0.15) is 0 Å². The summed E-state index contributed by atoms with van der Waals surface area (Å²) in [5.41, 5.74) is 0.134. The summed E-state index contributed by atoms with van der Waals surface area (Å²) in [6.45, 7) is -0.192. The summed E-state index contributed by atoms with van der Waals surface area (Å²) >= 11 is 0. The molecule has 2 heterocycles. The van der Waals surface area contributed by atoms with Gasteiger partial charge in [-0.15, -0.1) is 0 Å². The Kier molecular flexibility index (Phi) is 2.77. The number of hydrogen-bond donors (Lipinski definition) is 2. The number of nitrogens with zero attached hydrogens (tertiary/aromatic N) is 3. The van der Waals surface area contributed by atoms with E-state index >= 15 is 0 Å². The van der Waals surface area contributed by atoms with Crippen molar-refractivity contribution in [1.29, 1.82) is 0 Å². The third-order valence-corrected chi connectivity index (χ3v) is 2.41. The lowest BCUT2D eigenvalue weighted by atomic mass is 9.83. The third-order valence-electron chi connectivity index (χ3n) is 2.41. The first-order valence-corrected chi connectivity index (χ1v) is 4.79. The van der Waals surface area contributed by atoms with E-state index in [1.54, 1.807) is 0 Å². The number of rotatable bonds is 2. The van der Waals surface area contributed by atoms with Crippen LogP contribution in [-0.2, 0) is 0 Å². The van der Waals surface area contributed by atoms with Crippen LogP contribution in [0, 0.1) is 0 Å². The summed E-state index contributed by atoms with van der Waals surface area (Å²) in [6, 6.07) is 0. The van der Waals surface area contributed by atoms with Crippen molar-refractivity contribution in [3.63, 3.8) is 0 Å². The van der Waals surface area contributed by atoms with Gasteiger partial charge in [0.15, 0.2) is 0 Å². The summed E-state index contributed by atoms with van der Waals surface area (Å²) in [5, 5.41) is 17.6. The predicted octanol–water partition coefficient (Wildman–Crippen LogP) is -0.998. The smallest absolute Gasteiger partial charge is 0.423 e. The van der Waals surface area contributed by atoms with Crippen LogP contribution in [-0.4, -0.2) is 46.1 Å². The van der Waals surface area contributed by atoms with Crippen molar-refractivity contribution in [1.82, 2.24) is 9.97 Å². The van der Waals surface area contributed by atoms with Crippen LogP contribution in [0.15, 0.2) is 12.4 Å². The van der Waals surface area contributed by atoms with Crippen LogP contribution in [0.4, 0.5) is 14.7 Å². The molecule has 1 aromatic heterocycles. The first-order valence-electron chi connectivity index (χ1n) is 4.79. The van der Waals surface area contributed by atoms with Gasteiger partial charge in [-0.1, -0.05) is 0 Å². The molecule has 0 aliphatic carbocycles. The highest BCUT2D eigenvalue weighted by atomic mass is 19.3. The molecule has 1 fully saturated rings. The quantitative estimate of drug-likeness (QED) is 0.636. The maximum atomic E-state index is 12.9. The highest BCUT2D eigenvalue weighted by molar-refractivity contribution is 6.58. The minimum Gasteiger partial charge on any atom is -0.423 e. The zero-order chi connectivity index (χ0) is 11.8. The normalized spacial score (nSPS) is 18.9. The van der Waals surface area contributed by atoms with E-state index in [1.807, 2.05) is 0 Å². The molecule has 0 aromatic carbocycles. The van der Waals surface area contributed by atoms with Gasteiger partial charge in [-0.05, 0) is 0 Å². The first kappa shape index (κ1) is 11.2. The highest BCUT2D eigenvalue weighted by Crippen LogP contribution is 2.28. The van der Waals surface area contributed by atoms with Crippen molar-refractivity contribution in [3.05, 3.63) is 12.4 Å². The van der Waals surface area contributed by atoms with Crippen molar-refractivity contribution in [2.75, 3.05) is 18.0 Å². The zero-order valence-corrected chi connectivity index (χ0v) is 8.35. The highest BCUT2D eigenvalue weighted by Gasteiger charge is 2.39. The minimum absolute atomic E-state index is 0.134. The monoisotopic (exact) mass is 229 g/mol. The van der Waals surface area contributed by atoms with E-state index in [0.717, 1.165) is 0 Å². The largest absolute Gasteiger partial charge is 0.491 e. The van der Waals surface area contributed by atoms with Crippen LogP contribution in [0.3, 0.4) is 0 Å². The molecule has 1 aromatic rings. The SMILES string of the molecule is OB(O)c1cnc(N2CCC(F)(F)C2)nc1. The Hall–Kier alpha value is -1.28. The molecule has 2 N–H and O–H groups in total. The van der Waals surface area contributed by atoms with Gasteiger partial charge >= 0.3 is 7.12 Å². The molecule has 0 atom stereocenters. The lowest BCUT2D eigenvalue weighted by molar-refractivity contribution is 0.0256. The van der Waals surface area contributed by atoms with E-state index in [0.29, 0.717) is 0 Å². The number of anilines is 1. The Morgan fingerprint density at radius 1 is 1.31 bits per heavy atom. The number of aromatic nitrogens is 2. The standard InChI is InChI=1S/C8H10BF2N3O2/c10-8(11)1-2-14(5-8)7-12-3-6(4-13-7)9(15)16/h3-4,15-16H,1-2,5H2. The zero-order valence-electron chi connectivity index (χ0n) is 8.35. The van der Waals surface area contributed by atoms with Crippen molar-refractivity contribution >= 4 is 18.5 Å². The van der Waals surface area contributed by atoms with E-state index in [9.17, 15) is 8.78 Å². The molecule has 1 aliphatic heterocycles. The van der Waals surface area contributed by atoms with Crippen LogP contribution in [0.5, 0.6) is 0 Å². The molecule has 5 nitrogen and oxygen atoms in total. The topological polar surface area (TPSA) is 69.5 Å². The van der Waals surface area contributed by atoms with Crippen LogP contribution in [0.2, 0.25) is 0 Å². The Bertz CT molecular complexity index is 374. The van der Waals surface area contributed by atoms with Gasteiger partial charge in [-0.25, -0.2) is 18.7 Å². The molecule has 0 amide bonds. The van der Waals surface area contributed by atoms with Crippen molar-refractivity contribution in [2.24, 2.45) is 0 Å². The summed E-state index contributed by atoms with van der Waals surface area (Å²) < 4.78 is 25.8. The van der Waals surface area contributed by atoms with Gasteiger partial charge in [0.05, 0.1) is 6.54 Å². The lowest BCUT2D eigenvalue weighted by Gasteiger charge is -2.15. The molecule has 8 heteroatoms. The molecule has 16 heavy (non-hydrogen) atoms. The number of hydrogen-bond acceptors (Lipinski definition) is 5. The first-order chi connectivity index (χ1) is 7.48. The Balaban J connectivity index is 2.11. The molecule has 1 saturated heterocycles. The second-order valence-corrected chi connectivity index (χ2v) is 3.72. The maximum absolute atomic E-state index is 12.9. The maximum Gasteiger partial charge on any atom is 0.491 e. The number of alkyl halides is 2. The second-order valence-electron chi connectivity index (χ2n) is 3.72. The molecular formula is C8H10BF2N3O2. The lowest BCUT2D eigenvalue weighted by Crippen LogP contribution is -2.32. The van der Waals surface area contributed by atoms with E-state index in [4.69, 9.17) is 10.0 Å². The average Bonchev–Trinajstić information content (AvgIpc) is 2.59. The van der Waals surface area contributed by atoms with Gasteiger partial charge in [0.2, 0.25) is 5.95 Å². The third kappa shape index (κ3) is 2.28. The van der Waals surface area contributed by atoms with E-state index in [-0.39, 0.29) is 24.4 Å².